The van der Waals surface area contributed by atoms with Gasteiger partial charge in [0.05, 0.1) is 9.79 Å². The highest BCUT2D eigenvalue weighted by Gasteiger charge is 2.46. The van der Waals surface area contributed by atoms with Crippen LogP contribution in [0.1, 0.15) is 55.3 Å². The third-order valence-corrected chi connectivity index (χ3v) is 8.45. The lowest BCUT2D eigenvalue weighted by Gasteiger charge is -2.11. The minimum absolute atomic E-state index is 0.240. The fourth-order valence-corrected chi connectivity index (χ4v) is 5.72. The molecule has 0 spiro atoms. The predicted octanol–water partition coefficient (Wildman–Crippen LogP) is -0.312. The van der Waals surface area contributed by atoms with E-state index in [1.165, 1.54) is 0 Å². The van der Waals surface area contributed by atoms with Crippen molar-refractivity contribution in [3.8, 4) is 0 Å². The molecule has 0 aromatic heterocycles. The molecule has 0 saturated carbocycles. The molecule has 212 valence electrons. The molecule has 2 unspecified atom stereocenters. The van der Waals surface area contributed by atoms with Crippen LogP contribution in [0.25, 0.3) is 0 Å². The summed E-state index contributed by atoms with van der Waals surface area (Å²) in [6, 6.07) is 3.02. The Kier molecular flexibility index (Phi) is 7.18. The number of carboxylic acids is 2. The second-order valence-electron chi connectivity index (χ2n) is 9.38. The first-order chi connectivity index (χ1) is 19.1. The smallest absolute Gasteiger partial charge is 0.325 e. The zero-order valence-electron chi connectivity index (χ0n) is 21.2. The molecule has 0 radical (unpaired) electrons. The van der Waals surface area contributed by atoms with Crippen LogP contribution in [-0.4, -0.2) is 77.6 Å². The largest absolute Gasteiger partial charge is 0.480 e. The monoisotopic (exact) mass is 584 g/mol. The molecular weight excluding hydrogens is 564 g/mol. The predicted molar refractivity (Wildman–Crippen MR) is 133 cm³/mol. The quantitative estimate of drug-likeness (QED) is 0.292. The Morgan fingerprint density at radius 2 is 0.951 bits per heavy atom. The topological polar surface area (TPSA) is 235 Å². The van der Waals surface area contributed by atoms with Crippen molar-refractivity contribution in [2.75, 3.05) is 0 Å². The molecule has 4 rings (SSSR count). The van der Waals surface area contributed by atoms with E-state index in [4.69, 9.17) is 10.2 Å². The minimum atomic E-state index is -4.48. The zero-order chi connectivity index (χ0) is 30.5. The standard InChI is InChI=1S/C26H20N2O12S/c1-9(25(35)36)27-23(33)17-19(29)13-5-3-11(7-15(13)21(17)31)41(39,40)12-4-6-14-16(8-12)22(32)18(20(14)30)24(34)28-10(2)26(37)38/h3-10,17-18H,1-2H3,(H,27,33)(H,28,34)(H,35,36)(H,37,38)/t9-,10-,17?,18?/m0/s1. The molecule has 0 aliphatic heterocycles. The van der Waals surface area contributed by atoms with Gasteiger partial charge in [-0.2, -0.15) is 0 Å². The number of carbonyl (C=O) groups excluding carboxylic acids is 6. The summed E-state index contributed by atoms with van der Waals surface area (Å²) in [5.41, 5.74) is -1.24. The summed E-state index contributed by atoms with van der Waals surface area (Å²) in [5.74, 6) is -12.9. The van der Waals surface area contributed by atoms with Crippen LogP contribution in [0.3, 0.4) is 0 Å². The SMILES string of the molecule is C[C@H](NC(=O)C1C(=O)c2ccc(S(=O)(=O)c3ccc4c(c3)C(=O)C(C(=O)N[C@@H](C)C(=O)O)C4=O)cc2C1=O)C(=O)O. The summed E-state index contributed by atoms with van der Waals surface area (Å²) in [4.78, 5) is 97.1. The second-order valence-corrected chi connectivity index (χ2v) is 11.3. The number of hydrogen-bond donors (Lipinski definition) is 4. The zero-order valence-corrected chi connectivity index (χ0v) is 22.0. The molecule has 2 aliphatic rings. The lowest BCUT2D eigenvalue weighted by atomic mass is 10.0. The number of hydrogen-bond acceptors (Lipinski definition) is 10. The Bertz CT molecular complexity index is 1610. The molecule has 0 saturated heterocycles. The fraction of sp³-hybridized carbons (Fsp3) is 0.231. The van der Waals surface area contributed by atoms with Gasteiger partial charge in [0.2, 0.25) is 21.7 Å². The first kappa shape index (κ1) is 28.9. The van der Waals surface area contributed by atoms with E-state index in [2.05, 4.69) is 0 Å². The van der Waals surface area contributed by atoms with Crippen molar-refractivity contribution in [1.29, 1.82) is 0 Å². The number of rotatable bonds is 8. The van der Waals surface area contributed by atoms with E-state index < -0.39 is 90.4 Å². The first-order valence-electron chi connectivity index (χ1n) is 11.8. The number of fused-ring (bicyclic) bond motifs is 2. The van der Waals surface area contributed by atoms with E-state index in [0.29, 0.717) is 0 Å². The van der Waals surface area contributed by atoms with Gasteiger partial charge in [0.15, 0.2) is 35.0 Å². The van der Waals surface area contributed by atoms with Crippen molar-refractivity contribution < 1.29 is 57.0 Å². The number of Topliss-reactive ketones (excluding diaryl/α,β-unsaturated/α-hetero) is 4. The van der Waals surface area contributed by atoms with E-state index in [1.54, 1.807) is 0 Å². The third-order valence-electron chi connectivity index (χ3n) is 6.70. The van der Waals surface area contributed by atoms with Gasteiger partial charge in [-0.3, -0.25) is 38.4 Å². The van der Waals surface area contributed by atoms with Crippen LogP contribution in [0.5, 0.6) is 0 Å². The second kappa shape index (κ2) is 10.2. The van der Waals surface area contributed by atoms with E-state index in [0.717, 1.165) is 50.2 Å². The van der Waals surface area contributed by atoms with Gasteiger partial charge in [0.1, 0.15) is 12.1 Å². The molecule has 4 N–H and O–H groups in total. The first-order valence-corrected chi connectivity index (χ1v) is 13.3. The van der Waals surface area contributed by atoms with Crippen LogP contribution in [0.4, 0.5) is 0 Å². The molecule has 0 fully saturated rings. The van der Waals surface area contributed by atoms with E-state index >= 15 is 0 Å². The van der Waals surface area contributed by atoms with Gasteiger partial charge in [0.25, 0.3) is 0 Å². The highest BCUT2D eigenvalue weighted by Crippen LogP contribution is 2.34. The van der Waals surface area contributed by atoms with Crippen LogP contribution in [0, 0.1) is 11.8 Å². The van der Waals surface area contributed by atoms with Crippen LogP contribution in [0.15, 0.2) is 46.2 Å². The van der Waals surface area contributed by atoms with Gasteiger partial charge < -0.3 is 20.8 Å². The molecule has 0 bridgehead atoms. The number of nitrogens with one attached hydrogen (secondary N) is 2. The van der Waals surface area contributed by atoms with Crippen molar-refractivity contribution in [2.45, 2.75) is 35.7 Å². The maximum atomic E-state index is 13.4. The fourth-order valence-electron chi connectivity index (χ4n) is 4.41. The average molecular weight is 585 g/mol. The van der Waals surface area contributed by atoms with E-state index in [1.807, 2.05) is 10.6 Å². The van der Waals surface area contributed by atoms with Gasteiger partial charge in [-0.25, -0.2) is 8.42 Å². The van der Waals surface area contributed by atoms with Crippen molar-refractivity contribution in [3.63, 3.8) is 0 Å². The van der Waals surface area contributed by atoms with Crippen molar-refractivity contribution in [3.05, 3.63) is 58.7 Å². The molecule has 14 nitrogen and oxygen atoms in total. The summed E-state index contributed by atoms with van der Waals surface area (Å²) in [6.07, 6.45) is 0. The molecule has 2 amide bonds. The summed E-state index contributed by atoms with van der Waals surface area (Å²) < 4.78 is 26.8. The van der Waals surface area contributed by atoms with Crippen LogP contribution >= 0.6 is 0 Å². The normalized spacial score (nSPS) is 19.3. The van der Waals surface area contributed by atoms with E-state index in [9.17, 15) is 46.8 Å². The maximum absolute atomic E-state index is 13.4. The van der Waals surface area contributed by atoms with Crippen molar-refractivity contribution in [2.24, 2.45) is 11.8 Å². The third kappa shape index (κ3) is 4.80. The molecule has 2 aromatic rings. The highest BCUT2D eigenvalue weighted by molar-refractivity contribution is 7.91. The maximum Gasteiger partial charge on any atom is 0.325 e. The van der Waals surface area contributed by atoms with Gasteiger partial charge in [-0.1, -0.05) is 0 Å². The van der Waals surface area contributed by atoms with Gasteiger partial charge in [-0.15, -0.1) is 0 Å². The Labute approximate surface area is 230 Å². The Balaban J connectivity index is 1.64. The van der Waals surface area contributed by atoms with Gasteiger partial charge in [0, 0.05) is 22.3 Å². The van der Waals surface area contributed by atoms with E-state index in [-0.39, 0.29) is 22.3 Å². The average Bonchev–Trinajstić information content (AvgIpc) is 3.31. The summed E-state index contributed by atoms with van der Waals surface area (Å²) in [6.45, 7) is 2.25. The number of sulfone groups is 1. The molecular formula is C26H20N2O12S. The molecule has 2 aromatic carbocycles. The summed E-state index contributed by atoms with van der Waals surface area (Å²) >= 11 is 0. The molecule has 41 heavy (non-hydrogen) atoms. The molecule has 15 heteroatoms. The number of aliphatic carboxylic acids is 2. The van der Waals surface area contributed by atoms with Crippen molar-refractivity contribution in [1.82, 2.24) is 10.6 Å². The number of ketones is 4. The Morgan fingerprint density at radius 3 is 1.27 bits per heavy atom. The lowest BCUT2D eigenvalue weighted by molar-refractivity contribution is -0.141. The van der Waals surface area contributed by atoms with Crippen molar-refractivity contribution >= 4 is 56.7 Å². The van der Waals surface area contributed by atoms with Gasteiger partial charge in [-0.05, 0) is 50.2 Å². The summed E-state index contributed by atoms with van der Waals surface area (Å²) in [5, 5.41) is 22.0. The lowest BCUT2D eigenvalue weighted by Crippen LogP contribution is -2.44. The Morgan fingerprint density at radius 1 is 0.634 bits per heavy atom. The van der Waals surface area contributed by atoms with Crippen LogP contribution in [0.2, 0.25) is 0 Å². The number of benzene rings is 2. The number of amides is 2. The molecule has 0 heterocycles. The Hall–Kier alpha value is -5.05. The number of carbonyl (C=O) groups is 8. The highest BCUT2D eigenvalue weighted by atomic mass is 32.2. The van der Waals surface area contributed by atoms with Gasteiger partial charge >= 0.3 is 11.9 Å². The van der Waals surface area contributed by atoms with Crippen LogP contribution in [-0.2, 0) is 29.0 Å². The molecule has 4 atom stereocenters. The minimum Gasteiger partial charge on any atom is -0.480 e. The summed E-state index contributed by atoms with van der Waals surface area (Å²) in [7, 11) is -4.48. The number of carboxylic acid groups (broad SMARTS) is 2. The van der Waals surface area contributed by atoms with Crippen LogP contribution < -0.4 is 10.6 Å². The molecule has 2 aliphatic carbocycles.